The first kappa shape index (κ1) is 11.0. The van der Waals surface area contributed by atoms with Crippen LogP contribution in [0.15, 0.2) is 23.0 Å². The fraction of sp³-hybridized carbons (Fsp3) is 0.462. The van der Waals surface area contributed by atoms with E-state index >= 15 is 0 Å². The second kappa shape index (κ2) is 3.81. The maximum absolute atomic E-state index is 11.8. The zero-order valence-electron chi connectivity index (χ0n) is 10.2. The van der Waals surface area contributed by atoms with Gasteiger partial charge in [-0.1, -0.05) is 19.9 Å². The predicted molar refractivity (Wildman–Crippen MR) is 67.0 cm³/mol. The van der Waals surface area contributed by atoms with Gasteiger partial charge in [-0.3, -0.25) is 4.57 Å². The number of imidazole rings is 1. The maximum Gasteiger partial charge on any atom is 0.326 e. The first-order valence-corrected chi connectivity index (χ1v) is 5.75. The van der Waals surface area contributed by atoms with Crippen molar-refractivity contribution in [3.63, 3.8) is 0 Å². The van der Waals surface area contributed by atoms with Gasteiger partial charge in [-0.25, -0.2) is 4.79 Å². The van der Waals surface area contributed by atoms with Crippen LogP contribution in [0.3, 0.4) is 0 Å². The third-order valence-corrected chi connectivity index (χ3v) is 2.92. The number of benzene rings is 1. The minimum atomic E-state index is -0.0223. The summed E-state index contributed by atoms with van der Waals surface area (Å²) in [7, 11) is 0. The van der Waals surface area contributed by atoms with Gasteiger partial charge in [0.05, 0.1) is 11.0 Å². The molecule has 0 saturated heterocycles. The first-order chi connectivity index (χ1) is 7.50. The van der Waals surface area contributed by atoms with Crippen LogP contribution in [0.4, 0.5) is 0 Å². The summed E-state index contributed by atoms with van der Waals surface area (Å²) in [6.45, 7) is 8.34. The topological polar surface area (TPSA) is 37.8 Å². The third kappa shape index (κ3) is 1.66. The second-order valence-electron chi connectivity index (χ2n) is 4.83. The molecule has 0 radical (unpaired) electrons. The minimum absolute atomic E-state index is 0.0223. The van der Waals surface area contributed by atoms with Crippen molar-refractivity contribution in [3.05, 3.63) is 34.2 Å². The number of nitrogens with one attached hydrogen (secondary N) is 1. The molecule has 1 aromatic heterocycles. The number of hydrogen-bond donors (Lipinski definition) is 1. The van der Waals surface area contributed by atoms with Gasteiger partial charge in [-0.15, -0.1) is 0 Å². The largest absolute Gasteiger partial charge is 0.326 e. The molecule has 1 aromatic carbocycles. The minimum Gasteiger partial charge on any atom is -0.306 e. The van der Waals surface area contributed by atoms with Gasteiger partial charge in [0.1, 0.15) is 0 Å². The molecule has 2 aromatic rings. The van der Waals surface area contributed by atoms with Crippen LogP contribution < -0.4 is 5.69 Å². The lowest BCUT2D eigenvalue weighted by molar-refractivity contribution is 0.598. The van der Waals surface area contributed by atoms with Gasteiger partial charge >= 0.3 is 5.69 Å². The normalized spacial score (nSPS) is 11.9. The van der Waals surface area contributed by atoms with Crippen molar-refractivity contribution in [1.29, 1.82) is 0 Å². The van der Waals surface area contributed by atoms with Gasteiger partial charge in [-0.05, 0) is 37.5 Å². The Bertz CT molecular complexity index is 561. The Balaban J connectivity index is 2.70. The summed E-state index contributed by atoms with van der Waals surface area (Å²) < 4.78 is 1.79. The molecule has 0 aliphatic carbocycles. The molecule has 0 saturated carbocycles. The Morgan fingerprint density at radius 2 is 1.88 bits per heavy atom. The van der Waals surface area contributed by atoms with Crippen LogP contribution in [0.2, 0.25) is 0 Å². The Labute approximate surface area is 95.1 Å². The molecule has 0 aliphatic rings. The van der Waals surface area contributed by atoms with Gasteiger partial charge in [0, 0.05) is 6.04 Å². The molecular formula is C13H18N2O. The Morgan fingerprint density at radius 1 is 1.19 bits per heavy atom. The van der Waals surface area contributed by atoms with E-state index in [1.54, 1.807) is 4.57 Å². The van der Waals surface area contributed by atoms with Crippen LogP contribution in [0.25, 0.3) is 11.0 Å². The Morgan fingerprint density at radius 3 is 2.44 bits per heavy atom. The van der Waals surface area contributed by atoms with Gasteiger partial charge in [-0.2, -0.15) is 0 Å². The van der Waals surface area contributed by atoms with Crippen LogP contribution >= 0.6 is 0 Å². The van der Waals surface area contributed by atoms with Gasteiger partial charge < -0.3 is 4.98 Å². The monoisotopic (exact) mass is 218 g/mol. The third-order valence-electron chi connectivity index (χ3n) is 2.92. The van der Waals surface area contributed by atoms with Gasteiger partial charge in [0.25, 0.3) is 0 Å². The number of H-pyrrole nitrogens is 1. The fourth-order valence-corrected chi connectivity index (χ4v) is 2.02. The predicted octanol–water partition coefficient (Wildman–Crippen LogP) is 3.03. The van der Waals surface area contributed by atoms with Crippen molar-refractivity contribution in [2.45, 2.75) is 39.7 Å². The zero-order chi connectivity index (χ0) is 11.9. The van der Waals surface area contributed by atoms with E-state index in [4.69, 9.17) is 0 Å². The molecule has 2 rings (SSSR count). The molecule has 1 heterocycles. The molecule has 0 spiro atoms. The van der Waals surface area contributed by atoms with E-state index in [9.17, 15) is 4.79 Å². The average Bonchev–Trinajstić information content (AvgIpc) is 2.51. The highest BCUT2D eigenvalue weighted by atomic mass is 16.1. The van der Waals surface area contributed by atoms with E-state index in [1.165, 1.54) is 5.56 Å². The Kier molecular flexibility index (Phi) is 2.62. The average molecular weight is 218 g/mol. The number of aromatic amines is 1. The Hall–Kier alpha value is -1.51. The molecule has 0 amide bonds. The number of rotatable bonds is 2. The summed E-state index contributed by atoms with van der Waals surface area (Å²) in [5.41, 5.74) is 3.16. The van der Waals surface area contributed by atoms with Crippen molar-refractivity contribution >= 4 is 11.0 Å². The molecule has 0 fully saturated rings. The second-order valence-corrected chi connectivity index (χ2v) is 4.83. The fourth-order valence-electron chi connectivity index (χ4n) is 2.02. The molecule has 3 heteroatoms. The smallest absolute Gasteiger partial charge is 0.306 e. The van der Waals surface area contributed by atoms with Crippen LogP contribution in [0.5, 0.6) is 0 Å². The summed E-state index contributed by atoms with van der Waals surface area (Å²) in [5, 5.41) is 0. The number of aromatic nitrogens is 2. The molecule has 16 heavy (non-hydrogen) atoms. The molecular weight excluding hydrogens is 200 g/mol. The molecule has 3 nitrogen and oxygen atoms in total. The molecule has 1 N–H and O–H groups in total. The maximum atomic E-state index is 11.8. The summed E-state index contributed by atoms with van der Waals surface area (Å²) in [6.07, 6.45) is 0. The van der Waals surface area contributed by atoms with E-state index in [0.717, 1.165) is 11.0 Å². The lowest BCUT2D eigenvalue weighted by Gasteiger charge is -2.08. The first-order valence-electron chi connectivity index (χ1n) is 5.75. The zero-order valence-corrected chi connectivity index (χ0v) is 10.2. The highest BCUT2D eigenvalue weighted by Crippen LogP contribution is 2.20. The van der Waals surface area contributed by atoms with E-state index in [2.05, 4.69) is 31.0 Å². The molecule has 0 bridgehead atoms. The van der Waals surface area contributed by atoms with E-state index in [-0.39, 0.29) is 11.7 Å². The number of nitrogens with zero attached hydrogens (tertiary/aromatic N) is 1. The SMILES string of the molecule is CC(C)c1ccc2c(c1)[nH]c(=O)n2C(C)C. The van der Waals surface area contributed by atoms with Crippen molar-refractivity contribution in [2.24, 2.45) is 0 Å². The summed E-state index contributed by atoms with van der Waals surface area (Å²) in [6, 6.07) is 6.38. The van der Waals surface area contributed by atoms with E-state index in [0.29, 0.717) is 5.92 Å². The molecule has 0 aliphatic heterocycles. The standard InChI is InChI=1S/C13H18N2O/c1-8(2)10-5-6-12-11(7-10)14-13(16)15(12)9(3)4/h5-9H,1-4H3,(H,14,16). The van der Waals surface area contributed by atoms with Crippen molar-refractivity contribution in [1.82, 2.24) is 9.55 Å². The molecule has 0 unspecified atom stereocenters. The highest BCUT2D eigenvalue weighted by Gasteiger charge is 2.10. The van der Waals surface area contributed by atoms with Crippen LogP contribution in [-0.4, -0.2) is 9.55 Å². The van der Waals surface area contributed by atoms with Gasteiger partial charge in [0.2, 0.25) is 0 Å². The molecule has 86 valence electrons. The highest BCUT2D eigenvalue weighted by molar-refractivity contribution is 5.76. The number of fused-ring (bicyclic) bond motifs is 1. The quantitative estimate of drug-likeness (QED) is 0.826. The van der Waals surface area contributed by atoms with Gasteiger partial charge in [0.15, 0.2) is 0 Å². The van der Waals surface area contributed by atoms with Crippen LogP contribution in [0.1, 0.15) is 45.2 Å². The summed E-state index contributed by atoms with van der Waals surface area (Å²) in [5.74, 6) is 0.482. The number of hydrogen-bond acceptors (Lipinski definition) is 1. The van der Waals surface area contributed by atoms with Crippen molar-refractivity contribution < 1.29 is 0 Å². The lowest BCUT2D eigenvalue weighted by atomic mass is 10.0. The van der Waals surface area contributed by atoms with E-state index < -0.39 is 0 Å². The van der Waals surface area contributed by atoms with Crippen molar-refractivity contribution in [3.8, 4) is 0 Å². The van der Waals surface area contributed by atoms with Crippen molar-refractivity contribution in [2.75, 3.05) is 0 Å². The summed E-state index contributed by atoms with van der Waals surface area (Å²) >= 11 is 0. The van der Waals surface area contributed by atoms with E-state index in [1.807, 2.05) is 19.9 Å². The lowest BCUT2D eigenvalue weighted by Crippen LogP contribution is -2.18. The molecule has 0 atom stereocenters. The van der Waals surface area contributed by atoms with Crippen LogP contribution in [0, 0.1) is 0 Å². The summed E-state index contributed by atoms with van der Waals surface area (Å²) in [4.78, 5) is 14.7. The van der Waals surface area contributed by atoms with Crippen LogP contribution in [-0.2, 0) is 0 Å².